The molecule has 1 rings (SSSR count). The van der Waals surface area contributed by atoms with Crippen LogP contribution in [-0.2, 0) is 19.1 Å². The summed E-state index contributed by atoms with van der Waals surface area (Å²) in [6.45, 7) is 6.86. The number of hydrogen-bond donors (Lipinski definition) is 0. The lowest BCUT2D eigenvalue weighted by Crippen LogP contribution is -2.21. The molecule has 23 heavy (non-hydrogen) atoms. The van der Waals surface area contributed by atoms with E-state index in [1.54, 1.807) is 0 Å². The molecule has 132 valence electrons. The molecule has 1 saturated carbocycles. The summed E-state index contributed by atoms with van der Waals surface area (Å²) in [5.74, 6) is -0.497. The smallest absolute Gasteiger partial charge is 0.334 e. The van der Waals surface area contributed by atoms with E-state index in [2.05, 4.69) is 13.8 Å². The summed E-state index contributed by atoms with van der Waals surface area (Å²) >= 11 is 0. The van der Waals surface area contributed by atoms with E-state index in [4.69, 9.17) is 9.47 Å². The monoisotopic (exact) mass is 324 g/mol. The van der Waals surface area contributed by atoms with Gasteiger partial charge in [0.15, 0.2) is 0 Å². The fourth-order valence-corrected chi connectivity index (χ4v) is 2.98. The van der Waals surface area contributed by atoms with E-state index < -0.39 is 0 Å². The summed E-state index contributed by atoms with van der Waals surface area (Å²) < 4.78 is 10.8. The standard InChI is InChI=1S/C19H32O4/c1-4-7-13-22-18(20)16(6-3)17(15-11-9-10-12-15)19(21)23-14-8-5-2/h15H,4-14H2,1-3H3. The average molecular weight is 324 g/mol. The Hall–Kier alpha value is -1.32. The maximum Gasteiger partial charge on any atom is 0.334 e. The first-order valence-electron chi connectivity index (χ1n) is 9.22. The van der Waals surface area contributed by atoms with Crippen LogP contribution in [0.2, 0.25) is 0 Å². The van der Waals surface area contributed by atoms with E-state index in [0.29, 0.717) is 30.8 Å². The fourth-order valence-electron chi connectivity index (χ4n) is 2.98. The van der Waals surface area contributed by atoms with Crippen molar-refractivity contribution in [2.24, 2.45) is 5.92 Å². The van der Waals surface area contributed by atoms with Gasteiger partial charge in [-0.3, -0.25) is 0 Å². The third-order valence-electron chi connectivity index (χ3n) is 4.37. The lowest BCUT2D eigenvalue weighted by atomic mass is 9.91. The minimum Gasteiger partial charge on any atom is -0.462 e. The Bertz CT molecular complexity index is 406. The highest BCUT2D eigenvalue weighted by Gasteiger charge is 2.31. The summed E-state index contributed by atoms with van der Waals surface area (Å²) in [5, 5.41) is 0. The summed E-state index contributed by atoms with van der Waals surface area (Å²) in [7, 11) is 0. The summed E-state index contributed by atoms with van der Waals surface area (Å²) in [6, 6.07) is 0. The third-order valence-corrected chi connectivity index (χ3v) is 4.37. The van der Waals surface area contributed by atoms with Crippen LogP contribution in [0.15, 0.2) is 11.1 Å². The van der Waals surface area contributed by atoms with E-state index in [0.717, 1.165) is 51.4 Å². The van der Waals surface area contributed by atoms with Crippen molar-refractivity contribution in [2.75, 3.05) is 13.2 Å². The molecule has 0 saturated heterocycles. The number of esters is 2. The molecule has 0 aromatic carbocycles. The largest absolute Gasteiger partial charge is 0.462 e. The lowest BCUT2D eigenvalue weighted by molar-refractivity contribution is -0.143. The minimum absolute atomic E-state index is 0.151. The lowest BCUT2D eigenvalue weighted by Gasteiger charge is -2.18. The molecule has 0 aromatic rings. The summed E-state index contributed by atoms with van der Waals surface area (Å²) in [6.07, 6.45) is 8.32. The Labute approximate surface area is 140 Å². The second-order valence-corrected chi connectivity index (χ2v) is 6.21. The van der Waals surface area contributed by atoms with Gasteiger partial charge in [-0.2, -0.15) is 0 Å². The second-order valence-electron chi connectivity index (χ2n) is 6.21. The van der Waals surface area contributed by atoms with Gasteiger partial charge in [0.2, 0.25) is 0 Å². The van der Waals surface area contributed by atoms with Crippen molar-refractivity contribution >= 4 is 11.9 Å². The number of carbonyl (C=O) groups is 2. The highest BCUT2D eigenvalue weighted by Crippen LogP contribution is 2.34. The van der Waals surface area contributed by atoms with Crippen molar-refractivity contribution in [3.63, 3.8) is 0 Å². The van der Waals surface area contributed by atoms with E-state index in [9.17, 15) is 9.59 Å². The van der Waals surface area contributed by atoms with Crippen LogP contribution in [-0.4, -0.2) is 25.2 Å². The van der Waals surface area contributed by atoms with Gasteiger partial charge in [-0.25, -0.2) is 9.59 Å². The molecule has 0 amide bonds. The topological polar surface area (TPSA) is 52.6 Å². The van der Waals surface area contributed by atoms with Crippen LogP contribution in [0, 0.1) is 5.92 Å². The number of rotatable bonds is 10. The number of hydrogen-bond acceptors (Lipinski definition) is 4. The third kappa shape index (κ3) is 6.36. The molecule has 0 bridgehead atoms. The quantitative estimate of drug-likeness (QED) is 0.335. The molecule has 0 aliphatic heterocycles. The molecular formula is C19H32O4. The molecule has 1 aliphatic carbocycles. The number of ether oxygens (including phenoxy) is 2. The van der Waals surface area contributed by atoms with E-state index in [-0.39, 0.29) is 17.9 Å². The highest BCUT2D eigenvalue weighted by molar-refractivity contribution is 6.00. The Morgan fingerprint density at radius 2 is 1.39 bits per heavy atom. The van der Waals surface area contributed by atoms with Crippen molar-refractivity contribution in [3.05, 3.63) is 11.1 Å². The van der Waals surface area contributed by atoms with Gasteiger partial charge in [0.05, 0.1) is 18.8 Å². The Morgan fingerprint density at radius 1 is 0.870 bits per heavy atom. The molecule has 0 radical (unpaired) electrons. The van der Waals surface area contributed by atoms with Gasteiger partial charge in [-0.1, -0.05) is 46.5 Å². The Balaban J connectivity index is 2.91. The predicted octanol–water partition coefficient (Wildman–Crippen LogP) is 4.57. The van der Waals surface area contributed by atoms with Crippen LogP contribution in [0.5, 0.6) is 0 Å². The SMILES string of the molecule is CCCCOC(=O)C(CC)=C(C(=O)OCCCC)C1CCCC1. The molecule has 4 nitrogen and oxygen atoms in total. The van der Waals surface area contributed by atoms with Gasteiger partial charge in [0, 0.05) is 5.57 Å². The zero-order valence-corrected chi connectivity index (χ0v) is 15.0. The molecule has 0 atom stereocenters. The molecule has 0 aromatic heterocycles. The Kier molecular flexibility index (Phi) is 9.65. The van der Waals surface area contributed by atoms with Crippen molar-refractivity contribution in [1.29, 1.82) is 0 Å². The molecule has 0 unspecified atom stereocenters. The molecule has 0 N–H and O–H groups in total. The second kappa shape index (κ2) is 11.3. The van der Waals surface area contributed by atoms with Gasteiger partial charge < -0.3 is 9.47 Å². The normalized spacial score (nSPS) is 16.1. The number of unbranched alkanes of at least 4 members (excludes halogenated alkanes) is 2. The first-order valence-corrected chi connectivity index (χ1v) is 9.22. The van der Waals surface area contributed by atoms with E-state index in [1.165, 1.54) is 0 Å². The van der Waals surface area contributed by atoms with Gasteiger partial charge in [0.25, 0.3) is 0 Å². The van der Waals surface area contributed by atoms with Gasteiger partial charge >= 0.3 is 11.9 Å². The first kappa shape index (κ1) is 19.7. The summed E-state index contributed by atoms with van der Waals surface area (Å²) in [5.41, 5.74) is 1.11. The van der Waals surface area contributed by atoms with Crippen molar-refractivity contribution < 1.29 is 19.1 Å². The minimum atomic E-state index is -0.338. The molecular weight excluding hydrogens is 292 g/mol. The highest BCUT2D eigenvalue weighted by atomic mass is 16.5. The van der Waals surface area contributed by atoms with E-state index in [1.807, 2.05) is 6.92 Å². The van der Waals surface area contributed by atoms with Crippen LogP contribution in [0.25, 0.3) is 0 Å². The maximum atomic E-state index is 12.6. The molecule has 1 fully saturated rings. The maximum absolute atomic E-state index is 12.6. The average Bonchev–Trinajstić information content (AvgIpc) is 3.06. The molecule has 0 spiro atoms. The van der Waals surface area contributed by atoms with Crippen LogP contribution in [0.3, 0.4) is 0 Å². The van der Waals surface area contributed by atoms with Crippen molar-refractivity contribution in [1.82, 2.24) is 0 Å². The molecule has 1 aliphatic rings. The fraction of sp³-hybridized carbons (Fsp3) is 0.789. The zero-order chi connectivity index (χ0) is 17.1. The predicted molar refractivity (Wildman–Crippen MR) is 91.0 cm³/mol. The molecule has 4 heteroatoms. The first-order chi connectivity index (χ1) is 11.2. The molecule has 0 heterocycles. The van der Waals surface area contributed by atoms with Crippen LogP contribution >= 0.6 is 0 Å². The summed E-state index contributed by atoms with van der Waals surface area (Å²) in [4.78, 5) is 24.9. The Morgan fingerprint density at radius 3 is 1.87 bits per heavy atom. The van der Waals surface area contributed by atoms with Gasteiger partial charge in [0.1, 0.15) is 0 Å². The number of carbonyl (C=O) groups excluding carboxylic acids is 2. The van der Waals surface area contributed by atoms with Crippen LogP contribution < -0.4 is 0 Å². The van der Waals surface area contributed by atoms with Crippen molar-refractivity contribution in [2.45, 2.75) is 78.6 Å². The van der Waals surface area contributed by atoms with Gasteiger partial charge in [-0.15, -0.1) is 0 Å². The van der Waals surface area contributed by atoms with Crippen LogP contribution in [0.1, 0.15) is 78.6 Å². The van der Waals surface area contributed by atoms with E-state index >= 15 is 0 Å². The zero-order valence-electron chi connectivity index (χ0n) is 15.0. The van der Waals surface area contributed by atoms with Crippen molar-refractivity contribution in [3.8, 4) is 0 Å². The van der Waals surface area contributed by atoms with Gasteiger partial charge in [-0.05, 0) is 38.0 Å². The van der Waals surface area contributed by atoms with Crippen LogP contribution in [0.4, 0.5) is 0 Å².